The molecule has 0 saturated heterocycles. The number of hydrogen-bond acceptors (Lipinski definition) is 4. The van der Waals surface area contributed by atoms with E-state index in [9.17, 15) is 14.7 Å². The SMILES string of the molecule is COc1ccc(Cl)cc1NCCC(=O)NC(c1ccccc1)C(C)C(=O)O. The van der Waals surface area contributed by atoms with Crippen LogP contribution in [0.3, 0.4) is 0 Å². The Balaban J connectivity index is 1.98. The number of hydrogen-bond donors (Lipinski definition) is 3. The molecule has 0 spiro atoms. The van der Waals surface area contributed by atoms with Gasteiger partial charge in [-0.3, -0.25) is 9.59 Å². The summed E-state index contributed by atoms with van der Waals surface area (Å²) < 4.78 is 5.25. The van der Waals surface area contributed by atoms with Crippen LogP contribution in [-0.4, -0.2) is 30.6 Å². The first-order valence-corrected chi connectivity index (χ1v) is 8.94. The molecule has 2 aromatic carbocycles. The van der Waals surface area contributed by atoms with Crippen molar-refractivity contribution in [2.75, 3.05) is 19.0 Å². The largest absolute Gasteiger partial charge is 0.495 e. The normalized spacial score (nSPS) is 12.7. The van der Waals surface area contributed by atoms with Crippen molar-refractivity contribution in [3.63, 3.8) is 0 Å². The lowest BCUT2D eigenvalue weighted by Gasteiger charge is -2.23. The van der Waals surface area contributed by atoms with Crippen LogP contribution in [0.4, 0.5) is 5.69 Å². The summed E-state index contributed by atoms with van der Waals surface area (Å²) in [4.78, 5) is 23.8. The molecule has 0 radical (unpaired) electrons. The number of methoxy groups -OCH3 is 1. The van der Waals surface area contributed by atoms with E-state index in [2.05, 4.69) is 10.6 Å². The van der Waals surface area contributed by atoms with Crippen LogP contribution in [0.5, 0.6) is 5.75 Å². The minimum atomic E-state index is -0.967. The first-order valence-electron chi connectivity index (χ1n) is 8.57. The second-order valence-corrected chi connectivity index (χ2v) is 6.54. The van der Waals surface area contributed by atoms with Gasteiger partial charge in [-0.1, -0.05) is 41.9 Å². The van der Waals surface area contributed by atoms with Gasteiger partial charge >= 0.3 is 5.97 Å². The molecule has 2 rings (SSSR count). The molecule has 144 valence electrons. The minimum absolute atomic E-state index is 0.172. The number of ether oxygens (including phenoxy) is 1. The number of nitrogens with one attached hydrogen (secondary N) is 2. The van der Waals surface area contributed by atoms with E-state index in [-0.39, 0.29) is 12.3 Å². The highest BCUT2D eigenvalue weighted by Crippen LogP contribution is 2.27. The number of halogens is 1. The summed E-state index contributed by atoms with van der Waals surface area (Å²) in [5, 5.41) is 15.8. The van der Waals surface area contributed by atoms with Crippen LogP contribution in [0.2, 0.25) is 5.02 Å². The molecule has 0 aromatic heterocycles. The maximum Gasteiger partial charge on any atom is 0.308 e. The fourth-order valence-corrected chi connectivity index (χ4v) is 2.85. The fourth-order valence-electron chi connectivity index (χ4n) is 2.67. The number of carboxylic acid groups (broad SMARTS) is 1. The number of amides is 1. The lowest BCUT2D eigenvalue weighted by atomic mass is 9.94. The van der Waals surface area contributed by atoms with E-state index in [1.807, 2.05) is 18.2 Å². The highest BCUT2D eigenvalue weighted by Gasteiger charge is 2.26. The van der Waals surface area contributed by atoms with Gasteiger partial charge in [0.2, 0.25) is 5.91 Å². The van der Waals surface area contributed by atoms with Crippen LogP contribution >= 0.6 is 11.6 Å². The van der Waals surface area contributed by atoms with Crippen LogP contribution in [0.25, 0.3) is 0 Å². The molecule has 1 amide bonds. The molecule has 0 bridgehead atoms. The van der Waals surface area contributed by atoms with Gasteiger partial charge in [0.05, 0.1) is 24.8 Å². The molecular weight excluding hydrogens is 368 g/mol. The van der Waals surface area contributed by atoms with E-state index < -0.39 is 17.9 Å². The number of aliphatic carboxylic acids is 1. The Labute approximate surface area is 163 Å². The summed E-state index contributed by atoms with van der Waals surface area (Å²) in [6.45, 7) is 1.93. The Morgan fingerprint density at radius 1 is 1.19 bits per heavy atom. The van der Waals surface area contributed by atoms with Crippen molar-refractivity contribution >= 4 is 29.2 Å². The van der Waals surface area contributed by atoms with Gasteiger partial charge in [0.1, 0.15) is 5.75 Å². The number of benzene rings is 2. The zero-order chi connectivity index (χ0) is 19.8. The Hall–Kier alpha value is -2.73. The van der Waals surface area contributed by atoms with Crippen molar-refractivity contribution in [2.24, 2.45) is 5.92 Å². The number of carbonyl (C=O) groups is 2. The summed E-state index contributed by atoms with van der Waals surface area (Å²) in [7, 11) is 1.55. The smallest absolute Gasteiger partial charge is 0.308 e. The van der Waals surface area contributed by atoms with E-state index in [0.29, 0.717) is 23.0 Å². The van der Waals surface area contributed by atoms with Crippen LogP contribution in [-0.2, 0) is 9.59 Å². The lowest BCUT2D eigenvalue weighted by Crippen LogP contribution is -2.36. The highest BCUT2D eigenvalue weighted by atomic mass is 35.5. The molecule has 2 aromatic rings. The molecule has 0 aliphatic rings. The molecule has 3 N–H and O–H groups in total. The number of carbonyl (C=O) groups excluding carboxylic acids is 1. The monoisotopic (exact) mass is 390 g/mol. The Kier molecular flexibility index (Phi) is 7.49. The van der Waals surface area contributed by atoms with Gasteiger partial charge in [-0.2, -0.15) is 0 Å². The van der Waals surface area contributed by atoms with Gasteiger partial charge in [-0.25, -0.2) is 0 Å². The lowest BCUT2D eigenvalue weighted by molar-refractivity contribution is -0.142. The molecule has 2 atom stereocenters. The molecule has 6 nitrogen and oxygen atoms in total. The molecule has 0 aliphatic carbocycles. The second-order valence-electron chi connectivity index (χ2n) is 6.10. The molecule has 27 heavy (non-hydrogen) atoms. The Morgan fingerprint density at radius 3 is 2.52 bits per heavy atom. The highest BCUT2D eigenvalue weighted by molar-refractivity contribution is 6.30. The van der Waals surface area contributed by atoms with Gasteiger partial charge in [-0.05, 0) is 30.7 Å². The van der Waals surface area contributed by atoms with Gasteiger partial charge in [0.25, 0.3) is 0 Å². The number of rotatable bonds is 9. The molecule has 0 fully saturated rings. The van der Waals surface area contributed by atoms with Gasteiger partial charge < -0.3 is 20.5 Å². The summed E-state index contributed by atoms with van der Waals surface area (Å²) in [5.41, 5.74) is 1.45. The van der Waals surface area contributed by atoms with Crippen molar-refractivity contribution < 1.29 is 19.4 Å². The van der Waals surface area contributed by atoms with Gasteiger partial charge in [0, 0.05) is 18.0 Å². The first-order chi connectivity index (χ1) is 12.9. The standard InChI is InChI=1S/C20H23ClN2O4/c1-13(20(25)26)19(14-6-4-3-5-7-14)23-18(24)10-11-22-16-12-15(21)8-9-17(16)27-2/h3-9,12-13,19,22H,10-11H2,1-2H3,(H,23,24)(H,25,26). The zero-order valence-corrected chi connectivity index (χ0v) is 16.0. The van der Waals surface area contributed by atoms with Crippen molar-refractivity contribution in [1.29, 1.82) is 0 Å². The van der Waals surface area contributed by atoms with Gasteiger partial charge in [-0.15, -0.1) is 0 Å². The Bertz CT molecular complexity index is 783. The average Bonchev–Trinajstić information content (AvgIpc) is 2.66. The molecule has 0 saturated carbocycles. The zero-order valence-electron chi connectivity index (χ0n) is 15.2. The van der Waals surface area contributed by atoms with E-state index in [1.165, 1.54) is 0 Å². The van der Waals surface area contributed by atoms with Crippen molar-refractivity contribution in [1.82, 2.24) is 5.32 Å². The predicted molar refractivity (Wildman–Crippen MR) is 105 cm³/mol. The predicted octanol–water partition coefficient (Wildman–Crippen LogP) is 3.73. The summed E-state index contributed by atoms with van der Waals surface area (Å²) in [6, 6.07) is 13.7. The molecule has 2 unspecified atom stereocenters. The van der Waals surface area contributed by atoms with Crippen LogP contribution < -0.4 is 15.4 Å². The van der Waals surface area contributed by atoms with Crippen molar-refractivity contribution in [2.45, 2.75) is 19.4 Å². The summed E-state index contributed by atoms with van der Waals surface area (Å²) in [6.07, 6.45) is 0.172. The maximum absolute atomic E-state index is 12.4. The third kappa shape index (κ3) is 5.89. The minimum Gasteiger partial charge on any atom is -0.495 e. The van der Waals surface area contributed by atoms with Crippen LogP contribution in [0.15, 0.2) is 48.5 Å². The third-order valence-corrected chi connectivity index (χ3v) is 4.43. The van der Waals surface area contributed by atoms with Crippen LogP contribution in [0, 0.1) is 5.92 Å². The summed E-state index contributed by atoms with van der Waals surface area (Å²) in [5.74, 6) is -1.34. The molecular formula is C20H23ClN2O4. The van der Waals surface area contributed by atoms with E-state index in [4.69, 9.17) is 16.3 Å². The number of carboxylic acids is 1. The van der Waals surface area contributed by atoms with Crippen molar-refractivity contribution in [3.05, 3.63) is 59.1 Å². The maximum atomic E-state index is 12.4. The third-order valence-electron chi connectivity index (χ3n) is 4.19. The average molecular weight is 391 g/mol. The molecule has 0 heterocycles. The topological polar surface area (TPSA) is 87.7 Å². The van der Waals surface area contributed by atoms with Gasteiger partial charge in [0.15, 0.2) is 0 Å². The van der Waals surface area contributed by atoms with Crippen LogP contribution in [0.1, 0.15) is 24.9 Å². The Morgan fingerprint density at radius 2 is 1.89 bits per heavy atom. The molecule has 7 heteroatoms. The van der Waals surface area contributed by atoms with Crippen molar-refractivity contribution in [3.8, 4) is 5.75 Å². The fraction of sp³-hybridized carbons (Fsp3) is 0.300. The molecule has 0 aliphatic heterocycles. The van der Waals surface area contributed by atoms with E-state index in [0.717, 1.165) is 5.56 Å². The number of anilines is 1. The second kappa shape index (κ2) is 9.83. The first kappa shape index (κ1) is 20.6. The van der Waals surface area contributed by atoms with E-state index in [1.54, 1.807) is 44.4 Å². The van der Waals surface area contributed by atoms with E-state index >= 15 is 0 Å². The summed E-state index contributed by atoms with van der Waals surface area (Å²) >= 11 is 5.99. The quantitative estimate of drug-likeness (QED) is 0.607.